The number of rotatable bonds is 4. The number of anilines is 1. The maximum Gasteiger partial charge on any atom is 0.131 e. The molecule has 1 aliphatic rings. The second-order valence-electron chi connectivity index (χ2n) is 6.30. The maximum atomic E-state index is 14.0. The molecule has 0 amide bonds. The Labute approximate surface area is 147 Å². The highest BCUT2D eigenvalue weighted by molar-refractivity contribution is 5.65. The molecule has 0 aliphatic carbocycles. The van der Waals surface area contributed by atoms with Crippen molar-refractivity contribution in [2.75, 3.05) is 18.0 Å². The van der Waals surface area contributed by atoms with Crippen LogP contribution in [0.15, 0.2) is 72.8 Å². The lowest BCUT2D eigenvalue weighted by Gasteiger charge is -2.17. The second-order valence-corrected chi connectivity index (χ2v) is 6.30. The molecule has 1 aliphatic heterocycles. The summed E-state index contributed by atoms with van der Waals surface area (Å²) in [5.74, 6) is 1.26. The van der Waals surface area contributed by atoms with Crippen LogP contribution in [-0.2, 0) is 0 Å². The Hall–Kier alpha value is -2.81. The van der Waals surface area contributed by atoms with Crippen LogP contribution in [0.2, 0.25) is 0 Å². The molecule has 0 N–H and O–H groups in total. The molecule has 0 spiro atoms. The van der Waals surface area contributed by atoms with E-state index < -0.39 is 0 Å². The highest BCUT2D eigenvalue weighted by Crippen LogP contribution is 2.30. The van der Waals surface area contributed by atoms with E-state index in [4.69, 9.17) is 4.74 Å². The van der Waals surface area contributed by atoms with Crippen LogP contribution in [0, 0.1) is 5.82 Å². The van der Waals surface area contributed by atoms with E-state index in [2.05, 4.69) is 17.0 Å². The topological polar surface area (TPSA) is 12.5 Å². The van der Waals surface area contributed by atoms with E-state index in [9.17, 15) is 4.39 Å². The Balaban J connectivity index is 1.53. The highest BCUT2D eigenvalue weighted by Gasteiger charge is 2.12. The molecule has 4 rings (SSSR count). The van der Waals surface area contributed by atoms with E-state index >= 15 is 0 Å². The van der Waals surface area contributed by atoms with Crippen molar-refractivity contribution < 1.29 is 9.13 Å². The van der Waals surface area contributed by atoms with Crippen molar-refractivity contribution in [3.8, 4) is 22.6 Å². The summed E-state index contributed by atoms with van der Waals surface area (Å²) < 4.78 is 19.9. The predicted molar refractivity (Wildman–Crippen MR) is 99.8 cm³/mol. The van der Waals surface area contributed by atoms with Crippen molar-refractivity contribution in [2.45, 2.75) is 12.8 Å². The molecule has 2 nitrogen and oxygen atoms in total. The van der Waals surface area contributed by atoms with Gasteiger partial charge in [0.05, 0.1) is 0 Å². The van der Waals surface area contributed by atoms with Crippen molar-refractivity contribution in [1.29, 1.82) is 0 Å². The molecule has 3 heteroatoms. The molecule has 1 heterocycles. The van der Waals surface area contributed by atoms with E-state index in [1.807, 2.05) is 42.5 Å². The minimum Gasteiger partial charge on any atom is -0.457 e. The van der Waals surface area contributed by atoms with Crippen molar-refractivity contribution in [2.24, 2.45) is 0 Å². The molecule has 0 atom stereocenters. The first kappa shape index (κ1) is 15.7. The SMILES string of the molecule is Fc1ccccc1-c1cccc(Oc2ccc(N3CCCC3)cc2)c1. The molecule has 1 saturated heterocycles. The van der Waals surface area contributed by atoms with Gasteiger partial charge in [0.25, 0.3) is 0 Å². The van der Waals surface area contributed by atoms with E-state index in [1.54, 1.807) is 12.1 Å². The van der Waals surface area contributed by atoms with Crippen molar-refractivity contribution in [3.63, 3.8) is 0 Å². The average molecular weight is 333 g/mol. The van der Waals surface area contributed by atoms with E-state index in [1.165, 1.54) is 24.6 Å². The third kappa shape index (κ3) is 3.50. The molecular weight excluding hydrogens is 313 g/mol. The lowest BCUT2D eigenvalue weighted by molar-refractivity contribution is 0.483. The summed E-state index contributed by atoms with van der Waals surface area (Å²) in [4.78, 5) is 2.39. The van der Waals surface area contributed by atoms with Crippen LogP contribution in [-0.4, -0.2) is 13.1 Å². The first-order valence-electron chi connectivity index (χ1n) is 8.67. The van der Waals surface area contributed by atoms with E-state index in [-0.39, 0.29) is 5.82 Å². The molecule has 25 heavy (non-hydrogen) atoms. The summed E-state index contributed by atoms with van der Waals surface area (Å²) in [6.07, 6.45) is 2.53. The zero-order valence-corrected chi connectivity index (χ0v) is 14.0. The van der Waals surface area contributed by atoms with Crippen LogP contribution in [0.5, 0.6) is 11.5 Å². The summed E-state index contributed by atoms with van der Waals surface area (Å²) in [6.45, 7) is 2.26. The van der Waals surface area contributed by atoms with Crippen LogP contribution >= 0.6 is 0 Å². The Bertz CT molecular complexity index is 854. The number of halogens is 1. The van der Waals surface area contributed by atoms with Gasteiger partial charge in [0.15, 0.2) is 0 Å². The predicted octanol–water partition coefficient (Wildman–Crippen LogP) is 5.89. The zero-order chi connectivity index (χ0) is 17.1. The molecule has 0 aromatic heterocycles. The Kier molecular flexibility index (Phi) is 4.38. The molecule has 0 radical (unpaired) electrons. The van der Waals surface area contributed by atoms with Crippen LogP contribution in [0.1, 0.15) is 12.8 Å². The number of ether oxygens (including phenoxy) is 1. The zero-order valence-electron chi connectivity index (χ0n) is 14.0. The fourth-order valence-corrected chi connectivity index (χ4v) is 3.26. The molecular formula is C22H20FNO. The van der Waals surface area contributed by atoms with Gasteiger partial charge in [0.2, 0.25) is 0 Å². The standard InChI is InChI=1S/C22H20FNO/c23-22-9-2-1-8-21(22)17-6-5-7-20(16-17)25-19-12-10-18(11-13-19)24-14-3-4-15-24/h1-2,5-13,16H,3-4,14-15H2. The smallest absolute Gasteiger partial charge is 0.131 e. The Morgan fingerprint density at radius 3 is 2.28 bits per heavy atom. The van der Waals surface area contributed by atoms with E-state index in [0.717, 1.165) is 24.4 Å². The molecule has 0 bridgehead atoms. The Morgan fingerprint density at radius 1 is 0.760 bits per heavy atom. The van der Waals surface area contributed by atoms with Gasteiger partial charge in [0.1, 0.15) is 17.3 Å². The highest BCUT2D eigenvalue weighted by atomic mass is 19.1. The van der Waals surface area contributed by atoms with Gasteiger partial charge < -0.3 is 9.64 Å². The largest absolute Gasteiger partial charge is 0.457 e. The van der Waals surface area contributed by atoms with Crippen molar-refractivity contribution in [1.82, 2.24) is 0 Å². The minimum absolute atomic E-state index is 0.227. The molecule has 3 aromatic carbocycles. The normalized spacial score (nSPS) is 13.9. The van der Waals surface area contributed by atoms with Crippen LogP contribution < -0.4 is 9.64 Å². The number of hydrogen-bond acceptors (Lipinski definition) is 2. The van der Waals surface area contributed by atoms with Gasteiger partial charge in [-0.05, 0) is 60.9 Å². The monoisotopic (exact) mass is 333 g/mol. The van der Waals surface area contributed by atoms with Crippen LogP contribution in [0.3, 0.4) is 0 Å². The van der Waals surface area contributed by atoms with Crippen molar-refractivity contribution in [3.05, 3.63) is 78.6 Å². The summed E-state index contributed by atoms with van der Waals surface area (Å²) in [5, 5.41) is 0. The van der Waals surface area contributed by atoms with Gasteiger partial charge in [-0.3, -0.25) is 0 Å². The molecule has 0 saturated carbocycles. The van der Waals surface area contributed by atoms with Crippen LogP contribution in [0.4, 0.5) is 10.1 Å². The summed E-state index contributed by atoms with van der Waals surface area (Å²) >= 11 is 0. The van der Waals surface area contributed by atoms with E-state index in [0.29, 0.717) is 11.3 Å². The number of hydrogen-bond donors (Lipinski definition) is 0. The van der Waals surface area contributed by atoms with Gasteiger partial charge >= 0.3 is 0 Å². The van der Waals surface area contributed by atoms with Gasteiger partial charge in [0, 0.05) is 24.3 Å². The summed E-state index contributed by atoms with van der Waals surface area (Å²) in [6, 6.07) is 22.5. The maximum absolute atomic E-state index is 14.0. The van der Waals surface area contributed by atoms with Gasteiger partial charge in [-0.1, -0.05) is 30.3 Å². The van der Waals surface area contributed by atoms with Gasteiger partial charge in [-0.25, -0.2) is 4.39 Å². The first-order chi connectivity index (χ1) is 12.3. The fraction of sp³-hybridized carbons (Fsp3) is 0.182. The average Bonchev–Trinajstić information content (AvgIpc) is 3.18. The Morgan fingerprint density at radius 2 is 1.52 bits per heavy atom. The fourth-order valence-electron chi connectivity index (χ4n) is 3.26. The molecule has 0 unspecified atom stereocenters. The third-order valence-electron chi connectivity index (χ3n) is 4.56. The third-order valence-corrected chi connectivity index (χ3v) is 4.56. The number of benzene rings is 3. The second kappa shape index (κ2) is 6.98. The molecule has 3 aromatic rings. The van der Waals surface area contributed by atoms with Gasteiger partial charge in [-0.2, -0.15) is 0 Å². The van der Waals surface area contributed by atoms with Crippen molar-refractivity contribution >= 4 is 5.69 Å². The van der Waals surface area contributed by atoms with Crippen LogP contribution in [0.25, 0.3) is 11.1 Å². The van der Waals surface area contributed by atoms with Gasteiger partial charge in [-0.15, -0.1) is 0 Å². The lowest BCUT2D eigenvalue weighted by Crippen LogP contribution is -2.17. The summed E-state index contributed by atoms with van der Waals surface area (Å²) in [5.41, 5.74) is 2.63. The summed E-state index contributed by atoms with van der Waals surface area (Å²) in [7, 11) is 0. The number of nitrogens with zero attached hydrogens (tertiary/aromatic N) is 1. The quantitative estimate of drug-likeness (QED) is 0.590. The lowest BCUT2D eigenvalue weighted by atomic mass is 10.1. The minimum atomic E-state index is -0.227. The molecule has 126 valence electrons. The molecule has 1 fully saturated rings. The first-order valence-corrected chi connectivity index (χ1v) is 8.67.